The minimum absolute atomic E-state index is 0.0377. The van der Waals surface area contributed by atoms with Gasteiger partial charge in [-0.2, -0.15) is 0 Å². The Morgan fingerprint density at radius 2 is 2.18 bits per heavy atom. The lowest BCUT2D eigenvalue weighted by Crippen LogP contribution is -2.39. The number of aromatic nitrogens is 3. The van der Waals surface area contributed by atoms with E-state index in [-0.39, 0.29) is 5.91 Å². The average Bonchev–Trinajstić information content (AvgIpc) is 2.76. The van der Waals surface area contributed by atoms with Gasteiger partial charge < -0.3 is 4.90 Å². The van der Waals surface area contributed by atoms with Gasteiger partial charge in [0.25, 0.3) is 5.91 Å². The van der Waals surface area contributed by atoms with Crippen molar-refractivity contribution in [2.45, 2.75) is 39.5 Å². The molecule has 0 aromatic carbocycles. The number of nitrogens with one attached hydrogen (secondary N) is 1. The predicted molar refractivity (Wildman–Crippen MR) is 64.7 cm³/mol. The highest BCUT2D eigenvalue weighted by molar-refractivity contribution is 5.90. The molecule has 1 aromatic rings. The van der Waals surface area contributed by atoms with Gasteiger partial charge in [0.1, 0.15) is 5.82 Å². The number of hydrogen-bond donors (Lipinski definition) is 1. The van der Waals surface area contributed by atoms with E-state index in [1.165, 1.54) is 12.8 Å². The minimum Gasteiger partial charge on any atom is -0.336 e. The molecule has 0 unspecified atom stereocenters. The zero-order valence-electron chi connectivity index (χ0n) is 10.6. The Bertz CT molecular complexity index is 380. The lowest BCUT2D eigenvalue weighted by Gasteiger charge is -2.31. The summed E-state index contributed by atoms with van der Waals surface area (Å²) in [5, 5.41) is 6.63. The van der Waals surface area contributed by atoms with Gasteiger partial charge in [-0.3, -0.25) is 9.89 Å². The van der Waals surface area contributed by atoms with Gasteiger partial charge in [-0.1, -0.05) is 19.8 Å². The summed E-state index contributed by atoms with van der Waals surface area (Å²) < 4.78 is 0. The molecule has 1 fully saturated rings. The number of likely N-dealkylation sites (tertiary alicyclic amines) is 1. The largest absolute Gasteiger partial charge is 0.336 e. The summed E-state index contributed by atoms with van der Waals surface area (Å²) >= 11 is 0. The molecule has 5 nitrogen and oxygen atoms in total. The van der Waals surface area contributed by atoms with Crippen LogP contribution in [0.2, 0.25) is 0 Å². The Morgan fingerprint density at radius 1 is 1.47 bits per heavy atom. The molecular formula is C12H20N4O. The molecule has 1 N–H and O–H groups in total. The van der Waals surface area contributed by atoms with Crippen LogP contribution in [-0.4, -0.2) is 39.1 Å². The molecule has 0 atom stereocenters. The van der Waals surface area contributed by atoms with E-state index in [0.717, 1.165) is 31.8 Å². The number of aryl methyl sites for hydroxylation is 1. The third-order valence-electron chi connectivity index (χ3n) is 3.39. The summed E-state index contributed by atoms with van der Waals surface area (Å²) in [6.07, 6.45) is 4.74. The first-order chi connectivity index (χ1) is 8.20. The molecule has 1 aliphatic heterocycles. The number of carbonyl (C=O) groups excluding carboxylic acids is 1. The van der Waals surface area contributed by atoms with Gasteiger partial charge in [0.15, 0.2) is 0 Å². The Labute approximate surface area is 102 Å². The number of carbonyl (C=O) groups is 1. The number of rotatable bonds is 3. The zero-order chi connectivity index (χ0) is 12.3. The summed E-state index contributed by atoms with van der Waals surface area (Å²) in [7, 11) is 0. The summed E-state index contributed by atoms with van der Waals surface area (Å²) in [5.74, 6) is 1.74. The monoisotopic (exact) mass is 236 g/mol. The quantitative estimate of drug-likeness (QED) is 0.870. The van der Waals surface area contributed by atoms with Crippen molar-refractivity contribution >= 4 is 5.91 Å². The van der Waals surface area contributed by atoms with Gasteiger partial charge in [0.2, 0.25) is 5.82 Å². The van der Waals surface area contributed by atoms with Gasteiger partial charge in [-0.25, -0.2) is 4.98 Å². The normalized spacial score (nSPS) is 17.4. The van der Waals surface area contributed by atoms with Crippen molar-refractivity contribution < 1.29 is 4.79 Å². The van der Waals surface area contributed by atoms with Crippen molar-refractivity contribution in [3.05, 3.63) is 11.6 Å². The molecule has 1 aliphatic rings. The molecule has 0 spiro atoms. The zero-order valence-corrected chi connectivity index (χ0v) is 10.6. The van der Waals surface area contributed by atoms with Crippen molar-refractivity contribution in [1.82, 2.24) is 20.1 Å². The fourth-order valence-corrected chi connectivity index (χ4v) is 2.41. The minimum atomic E-state index is -0.0377. The first kappa shape index (κ1) is 12.1. The summed E-state index contributed by atoms with van der Waals surface area (Å²) in [6.45, 7) is 5.71. The van der Waals surface area contributed by atoms with E-state index in [9.17, 15) is 4.79 Å². The van der Waals surface area contributed by atoms with E-state index in [1.54, 1.807) is 6.92 Å². The number of amides is 1. The average molecular weight is 236 g/mol. The molecule has 2 rings (SSSR count). The van der Waals surface area contributed by atoms with Crippen LogP contribution in [0.3, 0.4) is 0 Å². The Balaban J connectivity index is 1.90. The Morgan fingerprint density at radius 3 is 2.71 bits per heavy atom. The second kappa shape index (κ2) is 5.29. The maximum Gasteiger partial charge on any atom is 0.293 e. The Kier molecular flexibility index (Phi) is 3.76. The van der Waals surface area contributed by atoms with Crippen LogP contribution in [0.1, 0.15) is 49.1 Å². The van der Waals surface area contributed by atoms with Gasteiger partial charge >= 0.3 is 0 Å². The Hall–Kier alpha value is -1.39. The van der Waals surface area contributed by atoms with Crippen LogP contribution in [0.15, 0.2) is 0 Å². The van der Waals surface area contributed by atoms with Crippen molar-refractivity contribution in [2.75, 3.05) is 13.1 Å². The highest BCUT2D eigenvalue weighted by atomic mass is 16.2. The smallest absolute Gasteiger partial charge is 0.293 e. The highest BCUT2D eigenvalue weighted by Crippen LogP contribution is 2.22. The molecule has 0 saturated carbocycles. The molecule has 0 aliphatic carbocycles. The molecule has 5 heteroatoms. The molecule has 1 saturated heterocycles. The molecule has 0 bridgehead atoms. The van der Waals surface area contributed by atoms with Gasteiger partial charge in [-0.05, 0) is 25.7 Å². The predicted octanol–water partition coefficient (Wildman–Crippen LogP) is 1.77. The van der Waals surface area contributed by atoms with E-state index in [4.69, 9.17) is 0 Å². The van der Waals surface area contributed by atoms with Crippen LogP contribution >= 0.6 is 0 Å². The topological polar surface area (TPSA) is 61.9 Å². The maximum atomic E-state index is 12.1. The fraction of sp³-hybridized carbons (Fsp3) is 0.750. The number of nitrogens with zero attached hydrogens (tertiary/aromatic N) is 3. The highest BCUT2D eigenvalue weighted by Gasteiger charge is 2.25. The van der Waals surface area contributed by atoms with Crippen LogP contribution in [0.25, 0.3) is 0 Å². The van der Waals surface area contributed by atoms with Crippen LogP contribution in [0, 0.1) is 12.8 Å². The number of piperidine rings is 1. The van der Waals surface area contributed by atoms with E-state index in [0.29, 0.717) is 11.6 Å². The number of H-pyrrole nitrogens is 1. The van der Waals surface area contributed by atoms with Gasteiger partial charge in [-0.15, -0.1) is 5.10 Å². The van der Waals surface area contributed by atoms with Crippen molar-refractivity contribution in [2.24, 2.45) is 5.92 Å². The second-order valence-electron chi connectivity index (χ2n) is 4.77. The fourth-order valence-electron chi connectivity index (χ4n) is 2.41. The number of hydrogen-bond acceptors (Lipinski definition) is 3. The van der Waals surface area contributed by atoms with Crippen LogP contribution in [0.5, 0.6) is 0 Å². The van der Waals surface area contributed by atoms with Crippen molar-refractivity contribution in [3.8, 4) is 0 Å². The molecule has 17 heavy (non-hydrogen) atoms. The van der Waals surface area contributed by atoms with Crippen molar-refractivity contribution in [1.29, 1.82) is 0 Å². The summed E-state index contributed by atoms with van der Waals surface area (Å²) in [5.41, 5.74) is 0. The summed E-state index contributed by atoms with van der Waals surface area (Å²) in [6, 6.07) is 0. The first-order valence-electron chi connectivity index (χ1n) is 6.39. The van der Waals surface area contributed by atoms with Gasteiger partial charge in [0.05, 0.1) is 0 Å². The van der Waals surface area contributed by atoms with E-state index in [2.05, 4.69) is 22.1 Å². The second-order valence-corrected chi connectivity index (χ2v) is 4.77. The molecule has 1 aromatic heterocycles. The molecule has 1 amide bonds. The molecule has 0 radical (unpaired) electrons. The van der Waals surface area contributed by atoms with Crippen LogP contribution < -0.4 is 0 Å². The lowest BCUT2D eigenvalue weighted by atomic mass is 9.92. The maximum absolute atomic E-state index is 12.1. The third-order valence-corrected chi connectivity index (χ3v) is 3.39. The van der Waals surface area contributed by atoms with Crippen LogP contribution in [0.4, 0.5) is 0 Å². The molecule has 2 heterocycles. The number of aromatic amines is 1. The van der Waals surface area contributed by atoms with E-state index >= 15 is 0 Å². The van der Waals surface area contributed by atoms with E-state index < -0.39 is 0 Å². The van der Waals surface area contributed by atoms with E-state index in [1.807, 2.05) is 4.90 Å². The van der Waals surface area contributed by atoms with Gasteiger partial charge in [0, 0.05) is 13.1 Å². The molecular weight excluding hydrogens is 216 g/mol. The first-order valence-corrected chi connectivity index (χ1v) is 6.39. The van der Waals surface area contributed by atoms with Crippen LogP contribution in [-0.2, 0) is 0 Å². The standard InChI is InChI=1S/C12H20N4O/c1-3-4-10-5-7-16(8-6-10)12(17)11-13-9(2)14-15-11/h10H,3-8H2,1-2H3,(H,13,14,15). The summed E-state index contributed by atoms with van der Waals surface area (Å²) in [4.78, 5) is 18.0. The third kappa shape index (κ3) is 2.84. The lowest BCUT2D eigenvalue weighted by molar-refractivity contribution is 0.0674. The SMILES string of the molecule is CCCC1CCN(C(=O)c2n[nH]c(C)n2)CC1. The van der Waals surface area contributed by atoms with Crippen molar-refractivity contribution in [3.63, 3.8) is 0 Å². The molecule has 94 valence electrons.